The van der Waals surface area contributed by atoms with E-state index in [0.717, 1.165) is 24.3 Å². The Morgan fingerprint density at radius 3 is 2.11 bits per heavy atom. The van der Waals surface area contributed by atoms with E-state index in [4.69, 9.17) is 25.4 Å². The fraction of sp³-hybridized carbons (Fsp3) is 0.793. The Hall–Kier alpha value is -1.87. The predicted octanol–water partition coefficient (Wildman–Crippen LogP) is 0.922. The smallest absolute Gasteiger partial charge is 0.315 e. The number of hydrogen-bond donors (Lipinski definition) is 5. The number of nitrogens with one attached hydrogen (secondary N) is 5. The molecule has 0 saturated carbocycles. The maximum atomic E-state index is 12.0. The highest BCUT2D eigenvalue weighted by Crippen LogP contribution is 2.33. The van der Waals surface area contributed by atoms with E-state index in [1.165, 1.54) is 0 Å². The Bertz CT molecular complexity index is 914. The van der Waals surface area contributed by atoms with Crippen LogP contribution in [-0.2, 0) is 33.3 Å². The molecule has 0 spiro atoms. The highest BCUT2D eigenvalue weighted by atomic mass is 33.1. The molecule has 256 valence electrons. The summed E-state index contributed by atoms with van der Waals surface area (Å²) >= 11 is 1.86. The number of terminal acetylenes is 1. The number of hydrogen-bond acceptors (Lipinski definition) is 11. The van der Waals surface area contributed by atoms with Gasteiger partial charge in [-0.3, -0.25) is 14.4 Å². The van der Waals surface area contributed by atoms with Gasteiger partial charge in [0.25, 0.3) is 0 Å². The third-order valence-corrected chi connectivity index (χ3v) is 10.5. The molecule has 2 rings (SSSR count). The second-order valence-electron chi connectivity index (χ2n) is 10.1. The van der Waals surface area contributed by atoms with Gasteiger partial charge in [0.05, 0.1) is 64.9 Å². The van der Waals surface area contributed by atoms with Gasteiger partial charge < -0.3 is 45.5 Å². The fourth-order valence-electron chi connectivity index (χ4n) is 4.32. The molecule has 5 amide bonds. The number of rotatable bonds is 28. The van der Waals surface area contributed by atoms with E-state index in [0.29, 0.717) is 109 Å². The van der Waals surface area contributed by atoms with Crippen molar-refractivity contribution in [1.29, 1.82) is 0 Å². The first-order valence-electron chi connectivity index (χ1n) is 15.5. The van der Waals surface area contributed by atoms with Crippen LogP contribution in [0.1, 0.15) is 38.5 Å². The van der Waals surface area contributed by atoms with E-state index in [9.17, 15) is 19.2 Å². The maximum absolute atomic E-state index is 12.0. The van der Waals surface area contributed by atoms with Crippen LogP contribution in [0.4, 0.5) is 4.79 Å². The number of fused-ring (bicyclic) bond motifs is 1. The average Bonchev–Trinajstić information content (AvgIpc) is 3.57. The average molecular weight is 692 g/mol. The van der Waals surface area contributed by atoms with Crippen LogP contribution in [0.2, 0.25) is 0 Å². The van der Waals surface area contributed by atoms with Crippen LogP contribution < -0.4 is 26.6 Å². The summed E-state index contributed by atoms with van der Waals surface area (Å²) in [5, 5.41) is 14.7. The highest BCUT2D eigenvalue weighted by molar-refractivity contribution is 8.76. The summed E-state index contributed by atoms with van der Waals surface area (Å²) in [4.78, 5) is 46.9. The lowest BCUT2D eigenvalue weighted by molar-refractivity contribution is -0.122. The summed E-state index contributed by atoms with van der Waals surface area (Å²) in [5.74, 6) is 4.85. The Morgan fingerprint density at radius 2 is 1.38 bits per heavy atom. The molecule has 13 nitrogen and oxygen atoms in total. The molecular weight excluding hydrogens is 643 g/mol. The van der Waals surface area contributed by atoms with Crippen molar-refractivity contribution < 1.29 is 38.1 Å². The van der Waals surface area contributed by atoms with Gasteiger partial charge in [-0.1, -0.05) is 21.6 Å². The van der Waals surface area contributed by atoms with Crippen molar-refractivity contribution in [3.8, 4) is 12.3 Å². The molecule has 0 aromatic heterocycles. The summed E-state index contributed by atoms with van der Waals surface area (Å²) in [6.45, 7) is 4.89. The minimum Gasteiger partial charge on any atom is -0.379 e. The van der Waals surface area contributed by atoms with E-state index < -0.39 is 0 Å². The fourth-order valence-corrected chi connectivity index (χ4v) is 7.76. The van der Waals surface area contributed by atoms with Crippen molar-refractivity contribution >= 4 is 57.1 Å². The van der Waals surface area contributed by atoms with Gasteiger partial charge in [0.1, 0.15) is 0 Å². The monoisotopic (exact) mass is 691 g/mol. The number of urea groups is 1. The lowest BCUT2D eigenvalue weighted by Gasteiger charge is -2.16. The van der Waals surface area contributed by atoms with Crippen LogP contribution in [0.15, 0.2) is 0 Å². The normalized spacial score (nSPS) is 18.5. The van der Waals surface area contributed by atoms with Crippen molar-refractivity contribution in [2.24, 2.45) is 0 Å². The number of carbonyl (C=O) groups is 4. The van der Waals surface area contributed by atoms with Crippen LogP contribution in [-0.4, -0.2) is 131 Å². The van der Waals surface area contributed by atoms with Crippen LogP contribution in [0, 0.1) is 12.3 Å². The summed E-state index contributed by atoms with van der Waals surface area (Å²) in [6.07, 6.45) is 8.60. The maximum Gasteiger partial charge on any atom is 0.315 e. The molecule has 0 aliphatic carbocycles. The van der Waals surface area contributed by atoms with Gasteiger partial charge in [-0.15, -0.1) is 12.3 Å². The lowest BCUT2D eigenvalue weighted by atomic mass is 10.0. The summed E-state index contributed by atoms with van der Waals surface area (Å²) in [5.41, 5.74) is 0. The molecule has 2 fully saturated rings. The molecule has 16 heteroatoms. The van der Waals surface area contributed by atoms with Crippen LogP contribution >= 0.6 is 33.3 Å². The third-order valence-electron chi connectivity index (χ3n) is 6.58. The predicted molar refractivity (Wildman–Crippen MR) is 179 cm³/mol. The van der Waals surface area contributed by atoms with Crippen molar-refractivity contribution in [3.63, 3.8) is 0 Å². The first-order valence-corrected chi connectivity index (χ1v) is 19.0. The Kier molecular flexibility index (Phi) is 22.9. The molecule has 45 heavy (non-hydrogen) atoms. The lowest BCUT2D eigenvalue weighted by Crippen LogP contribution is -2.37. The third kappa shape index (κ3) is 20.1. The first-order chi connectivity index (χ1) is 22.0. The molecular formula is C29H49N5O8S3. The Morgan fingerprint density at radius 1 is 0.778 bits per heavy atom. The largest absolute Gasteiger partial charge is 0.379 e. The number of amides is 5. The topological polar surface area (TPSA) is 165 Å². The van der Waals surface area contributed by atoms with Gasteiger partial charge in [0.15, 0.2) is 0 Å². The second kappa shape index (κ2) is 26.2. The zero-order chi connectivity index (χ0) is 32.4. The minimum atomic E-state index is -0.0863. The van der Waals surface area contributed by atoms with E-state index in [-0.39, 0.29) is 35.8 Å². The van der Waals surface area contributed by atoms with Gasteiger partial charge in [-0.25, -0.2) is 4.79 Å². The van der Waals surface area contributed by atoms with E-state index >= 15 is 0 Å². The van der Waals surface area contributed by atoms with Crippen LogP contribution in [0.25, 0.3) is 0 Å². The van der Waals surface area contributed by atoms with E-state index in [2.05, 4.69) is 32.5 Å². The van der Waals surface area contributed by atoms with Gasteiger partial charge >= 0.3 is 6.03 Å². The van der Waals surface area contributed by atoms with Crippen molar-refractivity contribution in [3.05, 3.63) is 0 Å². The van der Waals surface area contributed by atoms with Gasteiger partial charge in [-0.2, -0.15) is 11.8 Å². The molecule has 5 N–H and O–H groups in total. The molecule has 2 saturated heterocycles. The van der Waals surface area contributed by atoms with Crippen LogP contribution in [0.3, 0.4) is 0 Å². The van der Waals surface area contributed by atoms with Gasteiger partial charge in [-0.05, 0) is 12.8 Å². The standard InChI is InChI=1S/C29H49N5O8S3/c1-2-3-9-30-27(37)8-20-44-45-21-11-32-26(36)7-12-39-14-16-41-18-19-42-17-15-40-13-10-31-25(35)6-4-5-24-28-23(22-43-24)33-29(38)34-28/h1,23-24,28H,3-22H2,(H,30,37)(H,31,35)(H,32,36)(H2,33,34,38)/t23-,24?,28-/m1/s1. The number of thioether (sulfide) groups is 1. The zero-order valence-electron chi connectivity index (χ0n) is 25.9. The summed E-state index contributed by atoms with van der Waals surface area (Å²) in [6, 6.07) is 0.302. The van der Waals surface area contributed by atoms with Crippen molar-refractivity contribution in [2.45, 2.75) is 55.9 Å². The van der Waals surface area contributed by atoms with Crippen molar-refractivity contribution in [2.75, 3.05) is 89.7 Å². The van der Waals surface area contributed by atoms with Gasteiger partial charge in [0.2, 0.25) is 17.7 Å². The molecule has 0 bridgehead atoms. The van der Waals surface area contributed by atoms with E-state index in [1.807, 2.05) is 11.8 Å². The molecule has 0 aromatic rings. The first kappa shape index (κ1) is 39.3. The molecule has 1 unspecified atom stereocenters. The molecule has 0 aromatic carbocycles. The molecule has 2 aliphatic rings. The highest BCUT2D eigenvalue weighted by Gasteiger charge is 2.42. The summed E-state index contributed by atoms with van der Waals surface area (Å²) < 4.78 is 21.8. The van der Waals surface area contributed by atoms with Gasteiger partial charge in [0, 0.05) is 67.8 Å². The van der Waals surface area contributed by atoms with Crippen LogP contribution in [0.5, 0.6) is 0 Å². The minimum absolute atomic E-state index is 0.00339. The quantitative estimate of drug-likeness (QED) is 0.0343. The number of ether oxygens (including phenoxy) is 4. The molecule has 2 heterocycles. The van der Waals surface area contributed by atoms with E-state index in [1.54, 1.807) is 21.6 Å². The molecule has 0 radical (unpaired) electrons. The number of carbonyl (C=O) groups excluding carboxylic acids is 4. The Labute approximate surface area is 279 Å². The van der Waals surface area contributed by atoms with Crippen molar-refractivity contribution in [1.82, 2.24) is 26.6 Å². The molecule has 3 atom stereocenters. The second-order valence-corrected chi connectivity index (χ2v) is 14.1. The SMILES string of the molecule is C#CCCNC(=O)CCSSCCNC(=O)CCOCCOCCOCCOCCNC(=O)CCCC1SC[C@H]2NC(=O)N[C@@H]12. The molecule has 2 aliphatic heterocycles. The Balaban J connectivity index is 1.23. The zero-order valence-corrected chi connectivity index (χ0v) is 28.4. The summed E-state index contributed by atoms with van der Waals surface area (Å²) in [7, 11) is 3.23.